The average molecular weight is 287 g/mol. The fraction of sp³-hybridized carbons (Fsp3) is 0.455. The van der Waals surface area contributed by atoms with Crippen LogP contribution in [0, 0.1) is 16.0 Å². The summed E-state index contributed by atoms with van der Waals surface area (Å²) in [7, 11) is 0. The highest BCUT2D eigenvalue weighted by atomic mass is 79.9. The van der Waals surface area contributed by atoms with Crippen molar-refractivity contribution >= 4 is 27.3 Å². The number of nitro benzene ring substituents is 1. The van der Waals surface area contributed by atoms with E-state index in [0.29, 0.717) is 16.1 Å². The number of rotatable bonds is 5. The Bertz CT molecular complexity index is 380. The van der Waals surface area contributed by atoms with Gasteiger partial charge >= 0.3 is 0 Å². The molecule has 0 saturated heterocycles. The van der Waals surface area contributed by atoms with Gasteiger partial charge < -0.3 is 5.32 Å². The van der Waals surface area contributed by atoms with Crippen molar-refractivity contribution in [1.82, 2.24) is 0 Å². The molecule has 1 N–H and O–H groups in total. The lowest BCUT2D eigenvalue weighted by molar-refractivity contribution is -0.384. The summed E-state index contributed by atoms with van der Waals surface area (Å²) in [6.07, 6.45) is 0.993. The van der Waals surface area contributed by atoms with E-state index >= 15 is 0 Å². The monoisotopic (exact) mass is 286 g/mol. The van der Waals surface area contributed by atoms with Crippen LogP contribution >= 0.6 is 15.9 Å². The van der Waals surface area contributed by atoms with Crippen LogP contribution in [0.2, 0.25) is 0 Å². The minimum absolute atomic E-state index is 0.109. The number of anilines is 1. The number of hydrogen-bond acceptors (Lipinski definition) is 3. The summed E-state index contributed by atoms with van der Waals surface area (Å²) in [5.41, 5.74) is 0.687. The van der Waals surface area contributed by atoms with E-state index in [1.54, 1.807) is 12.1 Å². The van der Waals surface area contributed by atoms with Crippen LogP contribution in [0.1, 0.15) is 20.3 Å². The smallest absolute Gasteiger partial charge is 0.293 e. The van der Waals surface area contributed by atoms with Gasteiger partial charge in [0.15, 0.2) is 0 Å². The number of nitrogens with zero attached hydrogens (tertiary/aromatic N) is 1. The molecule has 0 spiro atoms. The molecule has 1 rings (SSSR count). The molecule has 0 bridgehead atoms. The van der Waals surface area contributed by atoms with E-state index in [4.69, 9.17) is 0 Å². The van der Waals surface area contributed by atoms with Crippen LogP contribution in [0.25, 0.3) is 0 Å². The van der Waals surface area contributed by atoms with Gasteiger partial charge in [-0.2, -0.15) is 0 Å². The quantitative estimate of drug-likeness (QED) is 0.661. The molecule has 4 nitrogen and oxygen atoms in total. The van der Waals surface area contributed by atoms with Crippen LogP contribution < -0.4 is 5.32 Å². The standard InChI is InChI=1S/C11H15BrN2O2/c1-8(2)5-6-13-10-4-3-9(12)7-11(10)14(15)16/h3-4,7-8,13H,5-6H2,1-2H3. The van der Waals surface area contributed by atoms with E-state index in [-0.39, 0.29) is 10.6 Å². The third-order valence-electron chi connectivity index (χ3n) is 2.19. The lowest BCUT2D eigenvalue weighted by Crippen LogP contribution is -2.06. The fourth-order valence-electron chi connectivity index (χ4n) is 1.30. The first-order valence-electron chi connectivity index (χ1n) is 5.18. The predicted octanol–water partition coefficient (Wildman–Crippen LogP) is 3.82. The number of hydrogen-bond donors (Lipinski definition) is 1. The molecule has 0 amide bonds. The Hall–Kier alpha value is -1.10. The van der Waals surface area contributed by atoms with Gasteiger partial charge in [0.25, 0.3) is 5.69 Å². The normalized spacial score (nSPS) is 10.5. The molecule has 0 atom stereocenters. The summed E-state index contributed by atoms with van der Waals surface area (Å²) in [4.78, 5) is 10.4. The second-order valence-corrected chi connectivity index (χ2v) is 4.94. The molecular weight excluding hydrogens is 272 g/mol. The van der Waals surface area contributed by atoms with Crippen molar-refractivity contribution in [3.63, 3.8) is 0 Å². The maximum absolute atomic E-state index is 10.8. The number of halogens is 1. The van der Waals surface area contributed by atoms with E-state index < -0.39 is 0 Å². The highest BCUT2D eigenvalue weighted by Crippen LogP contribution is 2.27. The molecule has 1 aromatic rings. The van der Waals surface area contributed by atoms with E-state index in [1.807, 2.05) is 0 Å². The van der Waals surface area contributed by atoms with Gasteiger partial charge in [-0.1, -0.05) is 29.8 Å². The Morgan fingerprint density at radius 1 is 1.50 bits per heavy atom. The van der Waals surface area contributed by atoms with Crippen LogP contribution in [0.15, 0.2) is 22.7 Å². The van der Waals surface area contributed by atoms with Crippen LogP contribution in [0.4, 0.5) is 11.4 Å². The summed E-state index contributed by atoms with van der Waals surface area (Å²) in [6.45, 7) is 5.00. The second-order valence-electron chi connectivity index (χ2n) is 4.03. The Kier molecular flexibility index (Phi) is 4.73. The average Bonchev–Trinajstić information content (AvgIpc) is 2.19. The Morgan fingerprint density at radius 3 is 2.75 bits per heavy atom. The van der Waals surface area contributed by atoms with Crippen LogP contribution in [-0.2, 0) is 0 Å². The molecule has 0 aliphatic heterocycles. The van der Waals surface area contributed by atoms with Crippen LogP contribution in [0.3, 0.4) is 0 Å². The van der Waals surface area contributed by atoms with Gasteiger partial charge in [-0.25, -0.2) is 0 Å². The predicted molar refractivity (Wildman–Crippen MR) is 68.7 cm³/mol. The zero-order valence-corrected chi connectivity index (χ0v) is 11.0. The third-order valence-corrected chi connectivity index (χ3v) is 2.69. The molecule has 16 heavy (non-hydrogen) atoms. The topological polar surface area (TPSA) is 55.2 Å². The zero-order valence-electron chi connectivity index (χ0n) is 9.37. The van der Waals surface area contributed by atoms with Crippen molar-refractivity contribution in [1.29, 1.82) is 0 Å². The molecule has 88 valence electrons. The van der Waals surface area contributed by atoms with Crippen molar-refractivity contribution in [2.75, 3.05) is 11.9 Å². The lowest BCUT2D eigenvalue weighted by atomic mass is 10.1. The number of benzene rings is 1. The van der Waals surface area contributed by atoms with Gasteiger partial charge in [0.05, 0.1) is 4.92 Å². The SMILES string of the molecule is CC(C)CCNc1ccc(Br)cc1[N+](=O)[O-]. The molecular formula is C11H15BrN2O2. The number of nitro groups is 1. The fourth-order valence-corrected chi connectivity index (χ4v) is 1.65. The first-order chi connectivity index (χ1) is 7.50. The van der Waals surface area contributed by atoms with Crippen molar-refractivity contribution in [3.8, 4) is 0 Å². The van der Waals surface area contributed by atoms with E-state index in [0.717, 1.165) is 13.0 Å². The van der Waals surface area contributed by atoms with Gasteiger partial charge in [-0.15, -0.1) is 0 Å². The van der Waals surface area contributed by atoms with Crippen molar-refractivity contribution < 1.29 is 4.92 Å². The largest absolute Gasteiger partial charge is 0.379 e. The Balaban J connectivity index is 2.75. The molecule has 5 heteroatoms. The molecule has 0 aliphatic rings. The van der Waals surface area contributed by atoms with Crippen molar-refractivity contribution in [2.45, 2.75) is 20.3 Å². The van der Waals surface area contributed by atoms with E-state index in [2.05, 4.69) is 35.1 Å². The second kappa shape index (κ2) is 5.84. The summed E-state index contributed by atoms with van der Waals surface area (Å²) in [5.74, 6) is 0.585. The highest BCUT2D eigenvalue weighted by Gasteiger charge is 2.13. The Morgan fingerprint density at radius 2 is 2.19 bits per heavy atom. The molecule has 0 unspecified atom stereocenters. The van der Waals surface area contributed by atoms with Crippen LogP contribution in [0.5, 0.6) is 0 Å². The molecule has 1 aromatic carbocycles. The third kappa shape index (κ3) is 3.81. The van der Waals surface area contributed by atoms with Crippen LogP contribution in [-0.4, -0.2) is 11.5 Å². The highest BCUT2D eigenvalue weighted by molar-refractivity contribution is 9.10. The molecule has 0 radical (unpaired) electrons. The maximum atomic E-state index is 10.8. The molecule has 0 fully saturated rings. The molecule has 0 heterocycles. The molecule has 0 saturated carbocycles. The molecule has 0 aromatic heterocycles. The summed E-state index contributed by atoms with van der Waals surface area (Å²) >= 11 is 3.22. The van der Waals surface area contributed by atoms with E-state index in [9.17, 15) is 10.1 Å². The van der Waals surface area contributed by atoms with Crippen molar-refractivity contribution in [3.05, 3.63) is 32.8 Å². The van der Waals surface area contributed by atoms with Crippen molar-refractivity contribution in [2.24, 2.45) is 5.92 Å². The summed E-state index contributed by atoms with van der Waals surface area (Å²) < 4.78 is 0.716. The maximum Gasteiger partial charge on any atom is 0.293 e. The summed E-state index contributed by atoms with van der Waals surface area (Å²) in [6, 6.07) is 5.03. The van der Waals surface area contributed by atoms with Gasteiger partial charge in [-0.3, -0.25) is 10.1 Å². The van der Waals surface area contributed by atoms with E-state index in [1.165, 1.54) is 6.07 Å². The van der Waals surface area contributed by atoms with Gasteiger partial charge in [0, 0.05) is 17.1 Å². The first kappa shape index (κ1) is 13.0. The molecule has 0 aliphatic carbocycles. The minimum atomic E-state index is -0.373. The number of nitrogens with one attached hydrogen (secondary N) is 1. The van der Waals surface area contributed by atoms with Gasteiger partial charge in [0.1, 0.15) is 5.69 Å². The van der Waals surface area contributed by atoms with Gasteiger partial charge in [-0.05, 0) is 24.5 Å². The van der Waals surface area contributed by atoms with Gasteiger partial charge in [0.2, 0.25) is 0 Å². The Labute approximate surface area is 103 Å². The lowest BCUT2D eigenvalue weighted by Gasteiger charge is -2.08. The zero-order chi connectivity index (χ0) is 12.1. The minimum Gasteiger partial charge on any atom is -0.379 e. The summed E-state index contributed by atoms with van der Waals surface area (Å²) in [5, 5.41) is 13.9. The first-order valence-corrected chi connectivity index (χ1v) is 5.98.